The monoisotopic (exact) mass is 206 g/mol. The fourth-order valence-electron chi connectivity index (χ4n) is 2.06. The summed E-state index contributed by atoms with van der Waals surface area (Å²) in [5.41, 5.74) is 2.86. The molecule has 1 rings (SSSR count). The van der Waals surface area contributed by atoms with Gasteiger partial charge in [0.25, 0.3) is 0 Å². The number of rotatable bonds is 2. The van der Waals surface area contributed by atoms with Crippen molar-refractivity contribution < 1.29 is 14.7 Å². The van der Waals surface area contributed by atoms with Gasteiger partial charge in [-0.15, -0.1) is 0 Å². The molecule has 1 aromatic carbocycles. The Balaban J connectivity index is 3.64. The van der Waals surface area contributed by atoms with Crippen molar-refractivity contribution >= 4 is 11.8 Å². The smallest absolute Gasteiger partial charge is 0.336 e. The molecule has 1 N–H and O–H groups in total. The number of carbonyl (C=O) groups is 2. The van der Waals surface area contributed by atoms with Crippen molar-refractivity contribution in [2.24, 2.45) is 0 Å². The molecule has 0 unspecified atom stereocenters. The van der Waals surface area contributed by atoms with E-state index in [1.54, 1.807) is 19.9 Å². The van der Waals surface area contributed by atoms with Gasteiger partial charge in [-0.3, -0.25) is 4.79 Å². The Kier molecular flexibility index (Phi) is 2.93. The molecular weight excluding hydrogens is 192 g/mol. The van der Waals surface area contributed by atoms with E-state index in [1.807, 2.05) is 6.92 Å². The molecule has 0 aliphatic heterocycles. The van der Waals surface area contributed by atoms with Crippen LogP contribution >= 0.6 is 0 Å². The molecular formula is C12H14O3. The largest absolute Gasteiger partial charge is 0.478 e. The van der Waals surface area contributed by atoms with Gasteiger partial charge in [0.1, 0.15) is 0 Å². The number of hydrogen-bond acceptors (Lipinski definition) is 2. The van der Waals surface area contributed by atoms with Gasteiger partial charge in [-0.25, -0.2) is 4.79 Å². The predicted octanol–water partition coefficient (Wildman–Crippen LogP) is 2.51. The molecule has 0 radical (unpaired) electrons. The summed E-state index contributed by atoms with van der Waals surface area (Å²) in [5.74, 6) is -1.07. The minimum Gasteiger partial charge on any atom is -0.478 e. The third kappa shape index (κ3) is 1.91. The van der Waals surface area contributed by atoms with Crippen molar-refractivity contribution in [1.82, 2.24) is 0 Å². The maximum absolute atomic E-state index is 11.4. The van der Waals surface area contributed by atoms with Gasteiger partial charge < -0.3 is 5.11 Å². The third-order valence-corrected chi connectivity index (χ3v) is 2.54. The first-order chi connectivity index (χ1) is 6.86. The third-order valence-electron chi connectivity index (χ3n) is 2.54. The fourth-order valence-corrected chi connectivity index (χ4v) is 2.06. The number of ketones is 1. The summed E-state index contributed by atoms with van der Waals surface area (Å²) in [7, 11) is 0. The molecule has 1 aromatic rings. The van der Waals surface area contributed by atoms with Gasteiger partial charge >= 0.3 is 5.97 Å². The Morgan fingerprint density at radius 2 is 1.53 bits per heavy atom. The second kappa shape index (κ2) is 3.85. The Labute approximate surface area is 88.7 Å². The van der Waals surface area contributed by atoms with Crippen LogP contribution in [-0.2, 0) is 0 Å². The normalized spacial score (nSPS) is 10.1. The number of carboxylic acid groups (broad SMARTS) is 1. The average molecular weight is 206 g/mol. The van der Waals surface area contributed by atoms with Crippen LogP contribution in [0.1, 0.15) is 44.3 Å². The van der Waals surface area contributed by atoms with Gasteiger partial charge in [0.05, 0.1) is 5.56 Å². The van der Waals surface area contributed by atoms with Crippen molar-refractivity contribution in [3.63, 3.8) is 0 Å². The van der Waals surface area contributed by atoms with E-state index in [0.717, 1.165) is 5.56 Å². The minimum absolute atomic E-state index is 0.0903. The molecule has 0 aliphatic carbocycles. The van der Waals surface area contributed by atoms with Crippen LogP contribution in [0.4, 0.5) is 0 Å². The molecule has 0 bridgehead atoms. The molecule has 80 valence electrons. The van der Waals surface area contributed by atoms with Crippen LogP contribution in [0.25, 0.3) is 0 Å². The lowest BCUT2D eigenvalue weighted by molar-refractivity contribution is 0.0695. The predicted molar refractivity (Wildman–Crippen MR) is 57.6 cm³/mol. The van der Waals surface area contributed by atoms with E-state index < -0.39 is 5.97 Å². The van der Waals surface area contributed by atoms with Gasteiger partial charge in [-0.05, 0) is 44.4 Å². The summed E-state index contributed by atoms with van der Waals surface area (Å²) >= 11 is 0. The van der Waals surface area contributed by atoms with Crippen LogP contribution < -0.4 is 0 Å². The summed E-state index contributed by atoms with van der Waals surface area (Å²) in [4.78, 5) is 22.4. The van der Waals surface area contributed by atoms with E-state index in [-0.39, 0.29) is 11.3 Å². The van der Waals surface area contributed by atoms with Crippen molar-refractivity contribution in [3.8, 4) is 0 Å². The summed E-state index contributed by atoms with van der Waals surface area (Å²) in [6.07, 6.45) is 0. The average Bonchev–Trinajstić information content (AvgIpc) is 1.99. The first-order valence-corrected chi connectivity index (χ1v) is 4.71. The Morgan fingerprint density at radius 1 is 1.07 bits per heavy atom. The maximum Gasteiger partial charge on any atom is 0.336 e. The Morgan fingerprint density at radius 3 is 1.93 bits per heavy atom. The number of aryl methyl sites for hydroxylation is 2. The van der Waals surface area contributed by atoms with Gasteiger partial charge in [0.15, 0.2) is 5.78 Å². The zero-order valence-corrected chi connectivity index (χ0v) is 9.34. The minimum atomic E-state index is -0.979. The van der Waals surface area contributed by atoms with Crippen LogP contribution in [0.3, 0.4) is 0 Å². The van der Waals surface area contributed by atoms with Crippen LogP contribution in [0.5, 0.6) is 0 Å². The van der Waals surface area contributed by atoms with Crippen molar-refractivity contribution in [2.45, 2.75) is 27.7 Å². The summed E-state index contributed by atoms with van der Waals surface area (Å²) in [5, 5.41) is 9.03. The quantitative estimate of drug-likeness (QED) is 0.756. The number of carboxylic acids is 1. The first-order valence-electron chi connectivity index (χ1n) is 4.71. The van der Waals surface area contributed by atoms with E-state index in [2.05, 4.69) is 0 Å². The van der Waals surface area contributed by atoms with Gasteiger partial charge in [-0.1, -0.05) is 6.07 Å². The second-order valence-electron chi connectivity index (χ2n) is 3.75. The summed E-state index contributed by atoms with van der Waals surface area (Å²) < 4.78 is 0. The number of Topliss-reactive ketones (excluding diaryl/α,β-unsaturated/α-hetero) is 1. The maximum atomic E-state index is 11.4. The van der Waals surface area contributed by atoms with Crippen molar-refractivity contribution in [2.75, 3.05) is 0 Å². The highest BCUT2D eigenvalue weighted by molar-refractivity contribution is 6.01. The summed E-state index contributed by atoms with van der Waals surface area (Å²) in [6.45, 7) is 6.70. The number of hydrogen-bond donors (Lipinski definition) is 1. The van der Waals surface area contributed by atoms with E-state index in [1.165, 1.54) is 6.92 Å². The first kappa shape index (κ1) is 11.4. The van der Waals surface area contributed by atoms with Gasteiger partial charge in [0, 0.05) is 5.56 Å². The lowest BCUT2D eigenvalue weighted by atomic mass is 9.92. The molecule has 0 heterocycles. The Hall–Kier alpha value is -1.64. The van der Waals surface area contributed by atoms with Crippen molar-refractivity contribution in [3.05, 3.63) is 33.9 Å². The van der Waals surface area contributed by atoms with Crippen LogP contribution in [0.15, 0.2) is 6.07 Å². The van der Waals surface area contributed by atoms with Gasteiger partial charge in [-0.2, -0.15) is 0 Å². The number of benzene rings is 1. The lowest BCUT2D eigenvalue weighted by Gasteiger charge is -2.12. The van der Waals surface area contributed by atoms with E-state index in [0.29, 0.717) is 16.7 Å². The van der Waals surface area contributed by atoms with E-state index >= 15 is 0 Å². The molecule has 0 fully saturated rings. The van der Waals surface area contributed by atoms with Gasteiger partial charge in [0.2, 0.25) is 0 Å². The second-order valence-corrected chi connectivity index (χ2v) is 3.75. The zero-order valence-electron chi connectivity index (χ0n) is 9.34. The molecule has 0 aliphatic rings. The molecule has 0 saturated heterocycles. The molecule has 3 nitrogen and oxygen atoms in total. The fraction of sp³-hybridized carbons (Fsp3) is 0.333. The van der Waals surface area contributed by atoms with Crippen LogP contribution in [0, 0.1) is 20.8 Å². The number of aromatic carboxylic acids is 1. The SMILES string of the molecule is CC(=O)c1c(C)cc(C)c(C(=O)O)c1C. The standard InChI is InChI=1S/C12H14O3/c1-6-5-7(2)11(12(14)15)8(3)10(6)9(4)13/h5H,1-4H3,(H,14,15). The van der Waals surface area contributed by atoms with Crippen molar-refractivity contribution in [1.29, 1.82) is 0 Å². The molecule has 15 heavy (non-hydrogen) atoms. The Bertz CT molecular complexity index is 406. The molecule has 0 saturated carbocycles. The molecule has 0 spiro atoms. The highest BCUT2D eigenvalue weighted by Crippen LogP contribution is 2.22. The highest BCUT2D eigenvalue weighted by atomic mass is 16.4. The zero-order chi connectivity index (χ0) is 11.7. The number of carbonyl (C=O) groups excluding carboxylic acids is 1. The van der Waals surface area contributed by atoms with Crippen LogP contribution in [0.2, 0.25) is 0 Å². The highest BCUT2D eigenvalue weighted by Gasteiger charge is 2.18. The summed E-state index contributed by atoms with van der Waals surface area (Å²) in [6, 6.07) is 1.74. The topological polar surface area (TPSA) is 54.4 Å². The molecule has 0 atom stereocenters. The molecule has 0 amide bonds. The molecule has 3 heteroatoms. The van der Waals surface area contributed by atoms with E-state index in [4.69, 9.17) is 5.11 Å². The molecule has 0 aromatic heterocycles. The van der Waals surface area contributed by atoms with Crippen LogP contribution in [-0.4, -0.2) is 16.9 Å². The lowest BCUT2D eigenvalue weighted by Crippen LogP contribution is -2.10. The van der Waals surface area contributed by atoms with E-state index in [9.17, 15) is 9.59 Å².